The van der Waals surface area contributed by atoms with E-state index in [0.717, 1.165) is 220 Å². The number of para-hydroxylation sites is 2. The van der Waals surface area contributed by atoms with Gasteiger partial charge in [-0.2, -0.15) is 8.78 Å². The van der Waals surface area contributed by atoms with Gasteiger partial charge in [-0.15, -0.1) is 0 Å². The van der Waals surface area contributed by atoms with Crippen molar-refractivity contribution in [1.29, 1.82) is 0 Å². The highest BCUT2D eigenvalue weighted by atomic mass is 35.5. The third-order valence-electron chi connectivity index (χ3n) is 32.5. The van der Waals surface area contributed by atoms with E-state index in [0.29, 0.717) is 140 Å². The van der Waals surface area contributed by atoms with Crippen molar-refractivity contribution in [3.05, 3.63) is 147 Å². The van der Waals surface area contributed by atoms with Gasteiger partial charge in [0.25, 0.3) is 0 Å². The van der Waals surface area contributed by atoms with Gasteiger partial charge in [0.1, 0.15) is 61.9 Å². The Balaban J connectivity index is 0.000000134. The number of fused-ring (bicyclic) bond motifs is 25. The molecule has 0 amide bonds. The smallest absolute Gasteiger partial charge is 0.411 e. The third kappa shape index (κ3) is 32.7. The zero-order valence-corrected chi connectivity index (χ0v) is 90.9. The predicted molar refractivity (Wildman–Crippen MR) is 556 cm³/mol. The lowest BCUT2D eigenvalue weighted by atomic mass is 9.82. The van der Waals surface area contributed by atoms with Gasteiger partial charge in [-0.1, -0.05) is 48.0 Å². The fraction of sp³-hybridized carbons (Fsp3) is 0.717. The van der Waals surface area contributed by atoms with Crippen molar-refractivity contribution < 1.29 is 119 Å². The molecule has 5 saturated heterocycles. The van der Waals surface area contributed by atoms with Gasteiger partial charge in [0.2, 0.25) is 50.1 Å². The van der Waals surface area contributed by atoms with Crippen molar-refractivity contribution in [1.82, 2.24) is 48.1 Å². The van der Waals surface area contributed by atoms with Crippen molar-refractivity contribution in [2.24, 2.45) is 0 Å². The molecule has 148 heavy (non-hydrogen) atoms. The first kappa shape index (κ1) is 112. The minimum Gasteiger partial charge on any atom is -0.492 e. The average Bonchev–Trinajstić information content (AvgIpc) is 1.30. The number of ether oxygens (including phenoxy) is 10. The second-order valence-electron chi connectivity index (χ2n) is 43.5. The number of sulfonamides is 5. The van der Waals surface area contributed by atoms with E-state index < -0.39 is 110 Å². The summed E-state index contributed by atoms with van der Waals surface area (Å²) in [6.07, 6.45) is 28.0. The highest BCUT2D eigenvalue weighted by Crippen LogP contribution is 2.48. The molecule has 5 aliphatic carbocycles. The van der Waals surface area contributed by atoms with Crippen LogP contribution in [0.5, 0.6) is 28.7 Å². The number of halogens is 7. The number of alkyl halides is 2. The van der Waals surface area contributed by atoms with Gasteiger partial charge < -0.3 is 47.4 Å². The maximum atomic E-state index is 15.0. The van der Waals surface area contributed by atoms with E-state index in [-0.39, 0.29) is 128 Å². The molecule has 5 N–H and O–H groups in total. The van der Waals surface area contributed by atoms with Crippen LogP contribution in [0.2, 0.25) is 5.02 Å². The van der Waals surface area contributed by atoms with Crippen molar-refractivity contribution in [3.63, 3.8) is 0 Å². The van der Waals surface area contributed by atoms with Crippen LogP contribution in [0.3, 0.4) is 0 Å². The molecule has 15 heterocycles. The normalized spacial score (nSPS) is 32.5. The van der Waals surface area contributed by atoms with E-state index in [2.05, 4.69) is 75.6 Å². The fourth-order valence-electron chi connectivity index (χ4n) is 25.4. The monoisotopic (exact) mass is 2200 g/mol. The Morgan fingerprint density at radius 3 is 1.09 bits per heavy atom. The van der Waals surface area contributed by atoms with Crippen LogP contribution in [0.15, 0.2) is 91.0 Å². The Labute approximate surface area is 880 Å². The summed E-state index contributed by atoms with van der Waals surface area (Å²) in [5.41, 5.74) is 4.41. The molecule has 10 bridgehead atoms. The van der Waals surface area contributed by atoms with Gasteiger partial charge >= 0.3 is 6.11 Å². The maximum absolute atomic E-state index is 15.0. The molecule has 25 rings (SSSR count). The maximum Gasteiger partial charge on any atom is 0.411 e. The molecule has 30 nitrogen and oxygen atoms in total. The molecule has 5 aromatic rings. The van der Waals surface area contributed by atoms with E-state index in [1.54, 1.807) is 4.90 Å². The number of benzene rings is 5. The first-order valence-corrected chi connectivity index (χ1v) is 63.4. The van der Waals surface area contributed by atoms with Crippen molar-refractivity contribution in [2.75, 3.05) is 150 Å². The van der Waals surface area contributed by atoms with Crippen LogP contribution in [0.25, 0.3) is 0 Å². The number of hydrogen-bond acceptors (Lipinski definition) is 25. The standard InChI is InChI=1S/C22H34N2O4S.C21H31ClN2O4S.C21H28F4N2O4S.C21H30F2N2O4S.C21H32N2O4S/c1-16-14-28-22-8-4-3-6-19(22)17-9-11-18(12-10-17)27-15-21-20(23-29(2,25)26)7-5-13-24(16)21;1-29(25,26)23-19-3-2-10-24-11-12-27-21-9-6-16(22)13-18(21)15-4-7-17(8-5-15)28-14-20(19)24;1-32(28,29)26-18-3-2-8-27-12-21(24,25)31-20-16(9-14(22)10-17(20)23)13-4-6-15(7-5-13)30-11-19(18)27;1-30(26,27)24-19-3-2-8-25-9-10-28-21-17(11-15(22)12-18(21)23)14-4-6-16(7-5-14)29-13-20(19)25;1-28(24,25)22-19-6-4-12-23-13-14-26-21-7-3-2-5-18(21)16-8-10-17(11-9-16)27-15-20(19)23/h3-4,6,8,16-18,20-21,23H,5,7,9-15H2,1-2H3;6,9,13,15,17,19-20,23H,2-5,7-8,10-12,14H2,1H3;9-10,13,15,18-19,26H,2-8,11-12H2,1H3;11-12,14,16,19-20,24H,2-10,13H2,1H3;2-3,5,7,16-17,19-20,22H,4,6,8-15H2,1H3/t16-,17?,18?,20-,21?;15?,17?,19-,20?;13?,15?,18-,19?;14?,16?,19-,20?;16?,17?,19-,20?/m00000/s1/i;;;;13D2. The molecule has 0 spiro atoms. The van der Waals surface area contributed by atoms with Gasteiger partial charge in [-0.3, -0.25) is 24.5 Å². The van der Waals surface area contributed by atoms with Gasteiger partial charge in [0, 0.05) is 117 Å². The fourth-order valence-corrected chi connectivity index (χ4v) is 29.7. The van der Waals surface area contributed by atoms with Crippen LogP contribution in [-0.4, -0.2) is 319 Å². The van der Waals surface area contributed by atoms with E-state index in [1.165, 1.54) is 40.9 Å². The molecule has 0 aromatic heterocycles. The van der Waals surface area contributed by atoms with Gasteiger partial charge in [-0.25, -0.2) is 83.3 Å². The summed E-state index contributed by atoms with van der Waals surface area (Å²) < 4.78 is 298. The average molecular weight is 2200 g/mol. The number of nitrogens with zero attached hydrogens (tertiary/aromatic N) is 5. The van der Waals surface area contributed by atoms with Crippen LogP contribution in [-0.2, 0) is 73.8 Å². The Morgan fingerprint density at radius 1 is 0.338 bits per heavy atom. The van der Waals surface area contributed by atoms with Gasteiger partial charge in [0.05, 0.1) is 94.8 Å². The summed E-state index contributed by atoms with van der Waals surface area (Å²) in [6.45, 7) is 7.59. The molecule has 11 atom stereocenters. The molecular formula is C106H155ClF6N10O20S5. The molecule has 42 heteroatoms. The lowest BCUT2D eigenvalue weighted by Crippen LogP contribution is -2.60. The quantitative estimate of drug-likeness (QED) is 0.0811. The zero-order chi connectivity index (χ0) is 107. The number of piperidine rings is 5. The Hall–Kier alpha value is -5.88. The van der Waals surface area contributed by atoms with Crippen LogP contribution < -0.4 is 47.3 Å². The van der Waals surface area contributed by atoms with Crippen molar-refractivity contribution in [3.8, 4) is 28.7 Å². The van der Waals surface area contributed by atoms with Gasteiger partial charge in [0.15, 0.2) is 23.1 Å². The molecule has 5 unspecified atom stereocenters. The second kappa shape index (κ2) is 51.9. The van der Waals surface area contributed by atoms with Gasteiger partial charge in [-0.05, 0) is 321 Å². The number of hydrogen-bond donors (Lipinski definition) is 5. The summed E-state index contributed by atoms with van der Waals surface area (Å²) in [5, 5.41) is 0.751. The minimum atomic E-state index is -3.77. The summed E-state index contributed by atoms with van der Waals surface area (Å²) in [5.74, 6) is 0.116. The lowest BCUT2D eigenvalue weighted by Gasteiger charge is -2.44. The van der Waals surface area contributed by atoms with Crippen LogP contribution in [0.4, 0.5) is 26.3 Å². The summed E-state index contributed by atoms with van der Waals surface area (Å²) in [4.78, 5) is 10.1. The van der Waals surface area contributed by atoms with Crippen molar-refractivity contribution >= 4 is 61.7 Å². The SMILES string of the molecule is CS(=O)(=O)N[C@H]1CCCN2CC(F)(F)Oc3c(F)cc(F)cc3C3CCC(CC3)OCC12.CS(=O)(=O)N[C@H]1CCCN2CCOc3c(F)cc(F)cc3C3CCC(CC3)OCC12.CS(=O)(=O)N[C@H]1CCCN2CCOc3ccc(Cl)cc3C3CCC(CC3)OCC12.C[C@H]1COc2ccccc2C2CCC(CC2)OCC2[C@@H](NS(C)(=O)=O)CCCN21.[2H]C1([2H])COc2ccccc2C2CCC(CC2)OCC2[C@@H](NS(C)(=O)=O)CCCN21. The van der Waals surface area contributed by atoms with E-state index >= 15 is 8.78 Å². The first-order chi connectivity index (χ1) is 71.3. The van der Waals surface area contributed by atoms with Crippen molar-refractivity contribution in [2.45, 2.75) is 332 Å². The minimum absolute atomic E-state index is 0.0326. The topological polar surface area (TPSA) is 339 Å². The summed E-state index contributed by atoms with van der Waals surface area (Å²) >= 11 is 6.28. The summed E-state index contributed by atoms with van der Waals surface area (Å²) in [7, 11) is -16.8. The Morgan fingerprint density at radius 2 is 0.662 bits per heavy atom. The van der Waals surface area contributed by atoms with Crippen LogP contribution >= 0.6 is 11.6 Å². The molecule has 20 aliphatic rings. The van der Waals surface area contributed by atoms with Crippen LogP contribution in [0, 0.1) is 23.3 Å². The number of rotatable bonds is 10. The first-order valence-electron chi connectivity index (χ1n) is 54.6. The molecule has 15 aliphatic heterocycles. The third-order valence-corrected chi connectivity index (χ3v) is 36.4. The highest BCUT2D eigenvalue weighted by Gasteiger charge is 2.47. The Bertz CT molecular complexity index is 5890. The van der Waals surface area contributed by atoms with Crippen LogP contribution in [0.1, 0.15) is 260 Å². The predicted octanol–water partition coefficient (Wildman–Crippen LogP) is 14.7. The molecule has 5 aromatic carbocycles. The molecular weight excluding hydrogens is 2040 g/mol. The molecule has 0 radical (unpaired) electrons. The van der Waals surface area contributed by atoms with E-state index in [4.69, 9.17) is 61.7 Å². The largest absolute Gasteiger partial charge is 0.492 e. The number of nitrogens with one attached hydrogen (secondary N) is 5. The highest BCUT2D eigenvalue weighted by molar-refractivity contribution is 7.89. The zero-order valence-electron chi connectivity index (χ0n) is 88.1. The summed E-state index contributed by atoms with van der Waals surface area (Å²) in [6, 6.07) is 24.0. The van der Waals surface area contributed by atoms with E-state index in [9.17, 15) is 59.7 Å². The Kier molecular flexibility index (Phi) is 39.2. The molecule has 828 valence electrons. The molecule has 10 fully saturated rings. The lowest BCUT2D eigenvalue weighted by molar-refractivity contribution is -0.198. The second-order valence-corrected chi connectivity index (χ2v) is 52.8. The van der Waals surface area contributed by atoms with E-state index in [1.807, 2.05) is 36.4 Å². The molecule has 5 saturated carbocycles.